The van der Waals surface area contributed by atoms with Gasteiger partial charge in [-0.25, -0.2) is 0 Å². The summed E-state index contributed by atoms with van der Waals surface area (Å²) in [5.74, 6) is -0.390. The molecule has 0 saturated carbocycles. The largest absolute Gasteiger partial charge is 0.373 e. The molecule has 0 aromatic heterocycles. The van der Waals surface area contributed by atoms with Crippen LogP contribution >= 0.6 is 12.6 Å². The van der Waals surface area contributed by atoms with Gasteiger partial charge in [-0.05, 0) is 6.42 Å². The summed E-state index contributed by atoms with van der Waals surface area (Å²) in [5, 5.41) is 11.6. The van der Waals surface area contributed by atoms with Crippen molar-refractivity contribution in [1.82, 2.24) is 5.32 Å². The van der Waals surface area contributed by atoms with Gasteiger partial charge in [0.05, 0.1) is 0 Å². The molecule has 0 aliphatic heterocycles. The third-order valence-corrected chi connectivity index (χ3v) is 4.80. The van der Waals surface area contributed by atoms with Crippen molar-refractivity contribution in [3.05, 3.63) is 0 Å². The summed E-state index contributed by atoms with van der Waals surface area (Å²) >= 11 is 3.67. The van der Waals surface area contributed by atoms with Crippen molar-refractivity contribution in [2.24, 2.45) is 0 Å². The highest BCUT2D eigenvalue weighted by Gasteiger charge is 2.07. The molecule has 1 atom stereocenters. The molecule has 0 radical (unpaired) electrons. The maximum atomic E-state index is 11.1. The van der Waals surface area contributed by atoms with Gasteiger partial charge in [-0.15, -0.1) is 12.6 Å². The lowest BCUT2D eigenvalue weighted by molar-refractivity contribution is -0.125. The van der Waals surface area contributed by atoms with Crippen molar-refractivity contribution in [2.75, 3.05) is 6.54 Å². The number of aliphatic hydroxyl groups is 1. The molecule has 0 aromatic rings. The summed E-state index contributed by atoms with van der Waals surface area (Å²) in [6, 6.07) is 0. The molecular formula is C20H41NO2S. The second kappa shape index (κ2) is 19.1. The first-order chi connectivity index (χ1) is 11.7. The van der Waals surface area contributed by atoms with Gasteiger partial charge in [0.1, 0.15) is 0 Å². The number of aliphatic hydroxyl groups excluding tert-OH is 1. The lowest BCUT2D eigenvalue weighted by atomic mass is 10.0. The molecule has 3 nitrogen and oxygen atoms in total. The van der Waals surface area contributed by atoms with Crippen LogP contribution in [0.3, 0.4) is 0 Å². The molecule has 0 aromatic carbocycles. The molecule has 0 aliphatic carbocycles. The third kappa shape index (κ3) is 18.1. The van der Waals surface area contributed by atoms with Crippen molar-refractivity contribution >= 4 is 18.5 Å². The van der Waals surface area contributed by atoms with E-state index in [0.717, 1.165) is 12.8 Å². The van der Waals surface area contributed by atoms with Crippen LogP contribution in [0.5, 0.6) is 0 Å². The van der Waals surface area contributed by atoms with Gasteiger partial charge in [0.15, 0.2) is 5.44 Å². The van der Waals surface area contributed by atoms with Crippen molar-refractivity contribution in [3.63, 3.8) is 0 Å². The van der Waals surface area contributed by atoms with Gasteiger partial charge in [0.2, 0.25) is 0 Å². The fraction of sp³-hybridized carbons (Fsp3) is 0.950. The quantitative estimate of drug-likeness (QED) is 0.169. The lowest BCUT2D eigenvalue weighted by Gasteiger charge is -2.06. The first-order valence-corrected chi connectivity index (χ1v) is 10.8. The highest BCUT2D eigenvalue weighted by molar-refractivity contribution is 7.81. The molecule has 144 valence electrons. The van der Waals surface area contributed by atoms with Crippen LogP contribution in [0.2, 0.25) is 0 Å². The molecule has 1 amide bonds. The molecule has 0 spiro atoms. The number of hydrogen-bond acceptors (Lipinski definition) is 3. The Bertz CT molecular complexity index is 272. The van der Waals surface area contributed by atoms with Crippen LogP contribution in [0.15, 0.2) is 0 Å². The number of thiol groups is 1. The van der Waals surface area contributed by atoms with Crippen molar-refractivity contribution in [1.29, 1.82) is 0 Å². The Hall–Kier alpha value is -0.220. The molecule has 0 saturated heterocycles. The number of carbonyl (C=O) groups excluding carboxylic acids is 1. The van der Waals surface area contributed by atoms with Crippen LogP contribution in [0, 0.1) is 0 Å². The molecule has 0 aliphatic rings. The van der Waals surface area contributed by atoms with Crippen LogP contribution in [0.25, 0.3) is 0 Å². The minimum Gasteiger partial charge on any atom is -0.373 e. The number of hydrogen-bond donors (Lipinski definition) is 3. The molecule has 0 fully saturated rings. The Balaban J connectivity index is 3.04. The molecule has 1 unspecified atom stereocenters. The maximum Gasteiger partial charge on any atom is 0.259 e. The first kappa shape index (κ1) is 23.8. The number of carbonyl (C=O) groups is 1. The highest BCUT2D eigenvalue weighted by Crippen LogP contribution is 2.13. The summed E-state index contributed by atoms with van der Waals surface area (Å²) in [7, 11) is 0. The Morgan fingerprint density at radius 2 is 1.08 bits per heavy atom. The van der Waals surface area contributed by atoms with Crippen LogP contribution in [-0.2, 0) is 4.79 Å². The third-order valence-electron chi connectivity index (χ3n) is 4.56. The second-order valence-corrected chi connectivity index (χ2v) is 7.46. The molecule has 0 heterocycles. The van der Waals surface area contributed by atoms with E-state index in [-0.39, 0.29) is 5.91 Å². The van der Waals surface area contributed by atoms with Gasteiger partial charge >= 0.3 is 0 Å². The van der Waals surface area contributed by atoms with E-state index in [9.17, 15) is 4.79 Å². The van der Waals surface area contributed by atoms with Gasteiger partial charge in [-0.2, -0.15) is 0 Å². The first-order valence-electron chi connectivity index (χ1n) is 10.3. The predicted molar refractivity (Wildman–Crippen MR) is 108 cm³/mol. The maximum absolute atomic E-state index is 11.1. The summed E-state index contributed by atoms with van der Waals surface area (Å²) in [4.78, 5) is 11.1. The SMILES string of the molecule is CCCCCCCCCCCCCCCCCCNC(=O)C(O)S. The molecule has 24 heavy (non-hydrogen) atoms. The van der Waals surface area contributed by atoms with E-state index in [1.807, 2.05) is 0 Å². The zero-order chi connectivity index (χ0) is 17.9. The van der Waals surface area contributed by atoms with Gasteiger partial charge in [0.25, 0.3) is 5.91 Å². The number of nitrogens with one attached hydrogen (secondary N) is 1. The van der Waals surface area contributed by atoms with E-state index in [2.05, 4.69) is 24.9 Å². The number of unbranched alkanes of at least 4 members (excludes halogenated alkanes) is 15. The predicted octanol–water partition coefficient (Wildman–Crippen LogP) is 5.61. The lowest BCUT2D eigenvalue weighted by Crippen LogP contribution is -2.31. The fourth-order valence-corrected chi connectivity index (χ4v) is 3.07. The normalized spacial score (nSPS) is 12.3. The summed E-state index contributed by atoms with van der Waals surface area (Å²) in [6.45, 7) is 2.92. The van der Waals surface area contributed by atoms with Crippen molar-refractivity contribution in [3.8, 4) is 0 Å². The monoisotopic (exact) mass is 359 g/mol. The Kier molecular flexibility index (Phi) is 18.9. The minimum atomic E-state index is -1.19. The topological polar surface area (TPSA) is 49.3 Å². The summed E-state index contributed by atoms with van der Waals surface area (Å²) < 4.78 is 0. The Labute approximate surface area is 155 Å². The van der Waals surface area contributed by atoms with E-state index in [1.165, 1.54) is 89.9 Å². The van der Waals surface area contributed by atoms with E-state index in [4.69, 9.17) is 5.11 Å². The number of amides is 1. The Morgan fingerprint density at radius 3 is 1.42 bits per heavy atom. The van der Waals surface area contributed by atoms with Gasteiger partial charge in [-0.3, -0.25) is 4.79 Å². The van der Waals surface area contributed by atoms with E-state index in [1.54, 1.807) is 0 Å². The average molecular weight is 360 g/mol. The molecule has 0 rings (SSSR count). The smallest absolute Gasteiger partial charge is 0.259 e. The van der Waals surface area contributed by atoms with E-state index >= 15 is 0 Å². The van der Waals surface area contributed by atoms with Crippen LogP contribution in [0.4, 0.5) is 0 Å². The molecule has 2 N–H and O–H groups in total. The molecule has 0 bridgehead atoms. The van der Waals surface area contributed by atoms with Crippen LogP contribution in [-0.4, -0.2) is 23.0 Å². The summed E-state index contributed by atoms with van der Waals surface area (Å²) in [6.07, 6.45) is 21.6. The molecule has 4 heteroatoms. The van der Waals surface area contributed by atoms with E-state index in [0.29, 0.717) is 6.54 Å². The zero-order valence-corrected chi connectivity index (χ0v) is 16.8. The van der Waals surface area contributed by atoms with Gasteiger partial charge in [-0.1, -0.05) is 103 Å². The average Bonchev–Trinajstić information content (AvgIpc) is 2.57. The minimum absolute atomic E-state index is 0.390. The fourth-order valence-electron chi connectivity index (χ4n) is 2.98. The number of rotatable bonds is 18. The standard InChI is InChI=1S/C20H41NO2S/c1-2-3-4-5-6-7-8-9-10-11-12-13-14-15-16-17-18-21-19(22)20(23)24/h20,23-24H,2-18H2,1H3,(H,21,22). The highest BCUT2D eigenvalue weighted by atomic mass is 32.1. The van der Waals surface area contributed by atoms with Crippen molar-refractivity contribution < 1.29 is 9.90 Å². The van der Waals surface area contributed by atoms with Gasteiger partial charge in [0, 0.05) is 6.54 Å². The summed E-state index contributed by atoms with van der Waals surface area (Å²) in [5.41, 5.74) is -1.19. The second-order valence-electron chi connectivity index (χ2n) is 6.97. The van der Waals surface area contributed by atoms with Crippen molar-refractivity contribution in [2.45, 2.75) is 115 Å². The Morgan fingerprint density at radius 1 is 0.750 bits per heavy atom. The van der Waals surface area contributed by atoms with Gasteiger partial charge < -0.3 is 10.4 Å². The van der Waals surface area contributed by atoms with Crippen LogP contribution in [0.1, 0.15) is 110 Å². The van der Waals surface area contributed by atoms with Crippen LogP contribution < -0.4 is 5.32 Å². The van der Waals surface area contributed by atoms with E-state index < -0.39 is 5.44 Å². The zero-order valence-electron chi connectivity index (χ0n) is 15.9. The molecular weight excluding hydrogens is 318 g/mol.